The summed E-state index contributed by atoms with van der Waals surface area (Å²) in [5.41, 5.74) is 5.24. The summed E-state index contributed by atoms with van der Waals surface area (Å²) in [5.74, 6) is 1.23. The highest BCUT2D eigenvalue weighted by Crippen LogP contribution is 2.31. The topological polar surface area (TPSA) is 46.3 Å². The van der Waals surface area contributed by atoms with Gasteiger partial charge in [-0.2, -0.15) is 11.8 Å². The first-order chi connectivity index (χ1) is 7.28. The van der Waals surface area contributed by atoms with Crippen molar-refractivity contribution in [3.63, 3.8) is 0 Å². The molecule has 1 heterocycles. The average Bonchev–Trinajstić information content (AvgIpc) is 2.38. The van der Waals surface area contributed by atoms with Crippen LogP contribution in [0.4, 0.5) is 0 Å². The van der Waals surface area contributed by atoms with Crippen molar-refractivity contribution in [2.24, 2.45) is 11.1 Å². The summed E-state index contributed by atoms with van der Waals surface area (Å²) < 4.78 is 0.294. The molecule has 0 aromatic heterocycles. The fourth-order valence-corrected chi connectivity index (χ4v) is 2.84. The maximum absolute atomic E-state index is 12.3. The van der Waals surface area contributed by atoms with Crippen LogP contribution in [0, 0.1) is 5.41 Å². The monoisotopic (exact) mass is 244 g/mol. The Hall–Kier alpha value is -0.220. The van der Waals surface area contributed by atoms with E-state index in [1.807, 2.05) is 30.5 Å². The molecule has 3 nitrogen and oxygen atoms in total. The lowest BCUT2D eigenvalue weighted by Crippen LogP contribution is -2.45. The highest BCUT2D eigenvalue weighted by molar-refractivity contribution is 8.00. The number of nitrogens with two attached hydrogens (primary N) is 1. The van der Waals surface area contributed by atoms with E-state index in [0.29, 0.717) is 11.3 Å². The molecule has 0 atom stereocenters. The zero-order chi connectivity index (χ0) is 12.4. The van der Waals surface area contributed by atoms with Gasteiger partial charge in [-0.05, 0) is 20.3 Å². The molecule has 0 aromatic rings. The number of carbonyl (C=O) groups is 1. The third-order valence-electron chi connectivity index (χ3n) is 3.21. The van der Waals surface area contributed by atoms with Gasteiger partial charge in [0.05, 0.1) is 5.41 Å². The Balaban J connectivity index is 2.65. The van der Waals surface area contributed by atoms with Gasteiger partial charge in [0.2, 0.25) is 5.91 Å². The van der Waals surface area contributed by atoms with Gasteiger partial charge in [0, 0.05) is 30.1 Å². The molecule has 1 aliphatic heterocycles. The Kier molecular flexibility index (Phi) is 4.29. The molecule has 0 spiro atoms. The minimum absolute atomic E-state index is 0.202. The van der Waals surface area contributed by atoms with Crippen LogP contribution in [0.3, 0.4) is 0 Å². The largest absolute Gasteiger partial charge is 0.341 e. The molecule has 0 radical (unpaired) electrons. The van der Waals surface area contributed by atoms with E-state index in [9.17, 15) is 4.79 Å². The number of amides is 1. The lowest BCUT2D eigenvalue weighted by atomic mass is 9.91. The van der Waals surface area contributed by atoms with Crippen LogP contribution in [0.25, 0.3) is 0 Å². The molecular formula is C12H24N2OS. The van der Waals surface area contributed by atoms with Gasteiger partial charge in [0.1, 0.15) is 0 Å². The molecule has 2 N–H and O–H groups in total. The Morgan fingerprint density at radius 2 is 2.06 bits per heavy atom. The van der Waals surface area contributed by atoms with Gasteiger partial charge in [0.15, 0.2) is 0 Å². The normalized spacial score (nSPS) is 21.7. The molecule has 1 aliphatic rings. The van der Waals surface area contributed by atoms with E-state index in [-0.39, 0.29) is 5.91 Å². The quantitative estimate of drug-likeness (QED) is 0.804. The van der Waals surface area contributed by atoms with E-state index in [0.717, 1.165) is 25.3 Å². The van der Waals surface area contributed by atoms with Gasteiger partial charge in [-0.1, -0.05) is 13.8 Å². The molecule has 0 saturated carbocycles. The van der Waals surface area contributed by atoms with Crippen LogP contribution in [0.5, 0.6) is 0 Å². The first kappa shape index (κ1) is 13.8. The van der Waals surface area contributed by atoms with Crippen LogP contribution >= 0.6 is 11.8 Å². The fraction of sp³-hybridized carbons (Fsp3) is 0.917. The van der Waals surface area contributed by atoms with Crippen LogP contribution in [0.2, 0.25) is 0 Å². The summed E-state index contributed by atoms with van der Waals surface area (Å²) in [7, 11) is 0. The Labute approximate surface area is 103 Å². The maximum atomic E-state index is 12.3. The second-order valence-electron chi connectivity index (χ2n) is 5.74. The van der Waals surface area contributed by atoms with Crippen molar-refractivity contribution in [1.29, 1.82) is 0 Å². The minimum atomic E-state index is -0.418. The number of carbonyl (C=O) groups excluding carboxylic acids is 1. The number of hydrogen-bond acceptors (Lipinski definition) is 3. The number of rotatable bonds is 2. The second-order valence-corrected chi connectivity index (χ2v) is 7.54. The molecule has 1 rings (SSSR count). The predicted octanol–water partition coefficient (Wildman–Crippen LogP) is 1.72. The summed E-state index contributed by atoms with van der Waals surface area (Å²) in [5, 5.41) is 0. The van der Waals surface area contributed by atoms with E-state index in [4.69, 9.17) is 5.73 Å². The van der Waals surface area contributed by atoms with E-state index in [2.05, 4.69) is 13.8 Å². The highest BCUT2D eigenvalue weighted by atomic mass is 32.2. The van der Waals surface area contributed by atoms with Crippen molar-refractivity contribution in [2.45, 2.75) is 38.9 Å². The first-order valence-electron chi connectivity index (χ1n) is 5.92. The molecule has 16 heavy (non-hydrogen) atoms. The van der Waals surface area contributed by atoms with E-state index < -0.39 is 5.41 Å². The van der Waals surface area contributed by atoms with Crippen LogP contribution < -0.4 is 5.73 Å². The van der Waals surface area contributed by atoms with E-state index in [1.54, 1.807) is 0 Å². The number of thioether (sulfide) groups is 1. The summed E-state index contributed by atoms with van der Waals surface area (Å²) in [6.45, 7) is 10.5. The van der Waals surface area contributed by atoms with Crippen molar-refractivity contribution in [1.82, 2.24) is 4.90 Å². The predicted molar refractivity (Wildman–Crippen MR) is 70.6 cm³/mol. The molecule has 0 aliphatic carbocycles. The summed E-state index contributed by atoms with van der Waals surface area (Å²) in [6, 6.07) is 0. The smallest absolute Gasteiger partial charge is 0.229 e. The van der Waals surface area contributed by atoms with Crippen LogP contribution in [0.15, 0.2) is 0 Å². The average molecular weight is 244 g/mol. The zero-order valence-electron chi connectivity index (χ0n) is 10.9. The molecule has 0 bridgehead atoms. The standard InChI is InChI=1S/C12H24N2OS/c1-11(2,9-13)10(15)14-6-5-12(3,4)16-8-7-14/h5-9,13H2,1-4H3. The van der Waals surface area contributed by atoms with Gasteiger partial charge >= 0.3 is 0 Å². The maximum Gasteiger partial charge on any atom is 0.229 e. The summed E-state index contributed by atoms with van der Waals surface area (Å²) in [6.07, 6.45) is 1.06. The van der Waals surface area contributed by atoms with Gasteiger partial charge in [-0.25, -0.2) is 0 Å². The Morgan fingerprint density at radius 3 is 2.62 bits per heavy atom. The lowest BCUT2D eigenvalue weighted by Gasteiger charge is -2.30. The second kappa shape index (κ2) is 4.96. The number of hydrogen-bond donors (Lipinski definition) is 1. The van der Waals surface area contributed by atoms with Crippen LogP contribution in [0.1, 0.15) is 34.1 Å². The van der Waals surface area contributed by atoms with Gasteiger partial charge in [0.25, 0.3) is 0 Å². The van der Waals surface area contributed by atoms with Gasteiger partial charge in [-0.3, -0.25) is 4.79 Å². The number of nitrogens with zero attached hydrogens (tertiary/aromatic N) is 1. The van der Waals surface area contributed by atoms with E-state index >= 15 is 0 Å². The molecule has 1 saturated heterocycles. The van der Waals surface area contributed by atoms with Crippen molar-refractivity contribution in [3.05, 3.63) is 0 Å². The van der Waals surface area contributed by atoms with Crippen molar-refractivity contribution in [3.8, 4) is 0 Å². The van der Waals surface area contributed by atoms with Crippen molar-refractivity contribution >= 4 is 17.7 Å². The molecule has 1 fully saturated rings. The van der Waals surface area contributed by atoms with E-state index in [1.165, 1.54) is 0 Å². The lowest BCUT2D eigenvalue weighted by molar-refractivity contribution is -0.139. The molecule has 0 unspecified atom stereocenters. The van der Waals surface area contributed by atoms with Gasteiger partial charge < -0.3 is 10.6 Å². The molecular weight excluding hydrogens is 220 g/mol. The zero-order valence-corrected chi connectivity index (χ0v) is 11.7. The Morgan fingerprint density at radius 1 is 1.44 bits per heavy atom. The molecule has 0 aromatic carbocycles. The first-order valence-corrected chi connectivity index (χ1v) is 6.90. The SMILES string of the molecule is CC1(C)CCN(C(=O)C(C)(C)CN)CCS1. The van der Waals surface area contributed by atoms with Crippen molar-refractivity contribution < 1.29 is 4.79 Å². The fourth-order valence-electron chi connectivity index (χ4n) is 1.74. The Bertz CT molecular complexity index is 264. The third kappa shape index (κ3) is 3.39. The van der Waals surface area contributed by atoms with Crippen LogP contribution in [-0.2, 0) is 4.79 Å². The molecule has 94 valence electrons. The third-order valence-corrected chi connectivity index (χ3v) is 4.59. The highest BCUT2D eigenvalue weighted by Gasteiger charge is 2.33. The molecule has 4 heteroatoms. The van der Waals surface area contributed by atoms with Crippen LogP contribution in [-0.4, -0.2) is 40.9 Å². The summed E-state index contributed by atoms with van der Waals surface area (Å²) >= 11 is 1.96. The van der Waals surface area contributed by atoms with Gasteiger partial charge in [-0.15, -0.1) is 0 Å². The molecule has 1 amide bonds. The minimum Gasteiger partial charge on any atom is -0.341 e. The summed E-state index contributed by atoms with van der Waals surface area (Å²) in [4.78, 5) is 14.2. The van der Waals surface area contributed by atoms with Crippen molar-refractivity contribution in [2.75, 3.05) is 25.4 Å².